The lowest BCUT2D eigenvalue weighted by Crippen LogP contribution is -1.91. The molecule has 0 saturated heterocycles. The zero-order valence-corrected chi connectivity index (χ0v) is 12.7. The summed E-state index contributed by atoms with van der Waals surface area (Å²) in [4.78, 5) is 4.19. The lowest BCUT2D eigenvalue weighted by molar-refractivity contribution is 1.10. The van der Waals surface area contributed by atoms with Gasteiger partial charge in [-0.1, -0.05) is 29.3 Å². The standard InChI is InChI=1S/C15H12Cl2N4/c1-8-5-9(7-19-6-8)14-13(15(18)21-20-14)12-10(16)3-2-4-11(12)17/h2-7H,1H3,(H3,18,20,21). The Morgan fingerprint density at radius 2 is 1.81 bits per heavy atom. The molecule has 0 aliphatic rings. The van der Waals surface area contributed by atoms with Crippen molar-refractivity contribution in [2.75, 3.05) is 5.73 Å². The van der Waals surface area contributed by atoms with Crippen molar-refractivity contribution < 1.29 is 0 Å². The third-order valence-electron chi connectivity index (χ3n) is 3.17. The van der Waals surface area contributed by atoms with E-state index in [1.54, 1.807) is 30.6 Å². The molecule has 0 spiro atoms. The van der Waals surface area contributed by atoms with Gasteiger partial charge in [-0.3, -0.25) is 10.1 Å². The maximum absolute atomic E-state index is 6.29. The van der Waals surface area contributed by atoms with Crippen LogP contribution in [0, 0.1) is 6.92 Å². The minimum Gasteiger partial charge on any atom is -0.382 e. The van der Waals surface area contributed by atoms with Crippen LogP contribution in [0.2, 0.25) is 10.0 Å². The van der Waals surface area contributed by atoms with E-state index in [9.17, 15) is 0 Å². The molecule has 0 saturated carbocycles. The summed E-state index contributed by atoms with van der Waals surface area (Å²) in [5, 5.41) is 8.08. The number of nitrogens with one attached hydrogen (secondary N) is 1. The molecule has 0 amide bonds. The summed E-state index contributed by atoms with van der Waals surface area (Å²) in [5.74, 6) is 0.349. The van der Waals surface area contributed by atoms with E-state index in [-0.39, 0.29) is 0 Å². The van der Waals surface area contributed by atoms with Crippen molar-refractivity contribution in [3.05, 3.63) is 52.3 Å². The molecule has 0 aliphatic carbocycles. The average molecular weight is 319 g/mol. The van der Waals surface area contributed by atoms with Crippen molar-refractivity contribution in [2.24, 2.45) is 0 Å². The van der Waals surface area contributed by atoms with Crippen LogP contribution in [-0.4, -0.2) is 15.2 Å². The predicted octanol–water partition coefficient (Wildman–Crippen LogP) is 4.34. The van der Waals surface area contributed by atoms with E-state index in [2.05, 4.69) is 15.2 Å². The molecule has 0 unspecified atom stereocenters. The smallest absolute Gasteiger partial charge is 0.153 e. The monoisotopic (exact) mass is 318 g/mol. The molecule has 21 heavy (non-hydrogen) atoms. The Morgan fingerprint density at radius 3 is 2.48 bits per heavy atom. The molecule has 1 aromatic carbocycles. The number of halogens is 2. The molecular weight excluding hydrogens is 307 g/mol. The fourth-order valence-electron chi connectivity index (χ4n) is 2.25. The number of nitrogens with zero attached hydrogens (tertiary/aromatic N) is 2. The highest BCUT2D eigenvalue weighted by Gasteiger charge is 2.19. The van der Waals surface area contributed by atoms with Crippen LogP contribution >= 0.6 is 23.2 Å². The predicted molar refractivity (Wildman–Crippen MR) is 86.4 cm³/mol. The van der Waals surface area contributed by atoms with Gasteiger partial charge in [0.05, 0.1) is 21.3 Å². The number of rotatable bonds is 2. The molecule has 4 nitrogen and oxygen atoms in total. The number of aromatic nitrogens is 3. The first-order valence-electron chi connectivity index (χ1n) is 6.28. The van der Waals surface area contributed by atoms with Crippen molar-refractivity contribution in [3.8, 4) is 22.4 Å². The third-order valence-corrected chi connectivity index (χ3v) is 3.80. The summed E-state index contributed by atoms with van der Waals surface area (Å²) in [7, 11) is 0. The Kier molecular flexibility index (Phi) is 3.57. The number of aryl methyl sites for hydroxylation is 1. The zero-order valence-electron chi connectivity index (χ0n) is 11.2. The second-order valence-electron chi connectivity index (χ2n) is 4.71. The summed E-state index contributed by atoms with van der Waals surface area (Å²) in [6.45, 7) is 1.97. The molecule has 0 aliphatic heterocycles. The van der Waals surface area contributed by atoms with Gasteiger partial charge in [-0.15, -0.1) is 0 Å². The van der Waals surface area contributed by atoms with Gasteiger partial charge in [-0.05, 0) is 30.7 Å². The highest BCUT2D eigenvalue weighted by atomic mass is 35.5. The largest absolute Gasteiger partial charge is 0.382 e. The van der Waals surface area contributed by atoms with Crippen molar-refractivity contribution in [2.45, 2.75) is 6.92 Å². The molecule has 6 heteroatoms. The van der Waals surface area contributed by atoms with Crippen molar-refractivity contribution in [3.63, 3.8) is 0 Å². The van der Waals surface area contributed by atoms with Crippen LogP contribution in [0.4, 0.5) is 5.82 Å². The Bertz CT molecular complexity index is 791. The Hall–Kier alpha value is -2.04. The van der Waals surface area contributed by atoms with E-state index in [1.807, 2.05) is 13.0 Å². The van der Waals surface area contributed by atoms with Gasteiger partial charge < -0.3 is 5.73 Å². The lowest BCUT2D eigenvalue weighted by atomic mass is 10.0. The van der Waals surface area contributed by atoms with Gasteiger partial charge in [-0.2, -0.15) is 5.10 Å². The number of aromatic amines is 1. The van der Waals surface area contributed by atoms with Crippen molar-refractivity contribution >= 4 is 29.0 Å². The molecule has 0 atom stereocenters. The molecule has 3 rings (SSSR count). The van der Waals surface area contributed by atoms with Crippen LogP contribution in [0.15, 0.2) is 36.7 Å². The Labute approximate surface area is 131 Å². The highest BCUT2D eigenvalue weighted by Crippen LogP contribution is 2.42. The fourth-order valence-corrected chi connectivity index (χ4v) is 2.83. The molecule has 3 aromatic rings. The zero-order chi connectivity index (χ0) is 15.0. The van der Waals surface area contributed by atoms with Crippen molar-refractivity contribution in [1.29, 1.82) is 0 Å². The van der Waals surface area contributed by atoms with Crippen molar-refractivity contribution in [1.82, 2.24) is 15.2 Å². The Morgan fingerprint density at radius 1 is 1.10 bits per heavy atom. The third kappa shape index (κ3) is 2.48. The van der Waals surface area contributed by atoms with Crippen LogP contribution in [0.5, 0.6) is 0 Å². The molecule has 106 valence electrons. The van der Waals surface area contributed by atoms with Gasteiger partial charge in [0, 0.05) is 23.5 Å². The van der Waals surface area contributed by atoms with Gasteiger partial charge in [0.1, 0.15) is 0 Å². The summed E-state index contributed by atoms with van der Waals surface area (Å²) >= 11 is 12.6. The van der Waals surface area contributed by atoms with E-state index >= 15 is 0 Å². The van der Waals surface area contributed by atoms with Gasteiger partial charge in [0.15, 0.2) is 5.82 Å². The molecule has 2 aromatic heterocycles. The summed E-state index contributed by atoms with van der Waals surface area (Å²) in [6, 6.07) is 7.33. The fraction of sp³-hybridized carbons (Fsp3) is 0.0667. The molecule has 0 fully saturated rings. The normalized spacial score (nSPS) is 10.8. The van der Waals surface area contributed by atoms with Gasteiger partial charge in [-0.25, -0.2) is 0 Å². The second kappa shape index (κ2) is 5.39. The first kappa shape index (κ1) is 13.9. The quantitative estimate of drug-likeness (QED) is 0.738. The molecular formula is C15H12Cl2N4. The van der Waals surface area contributed by atoms with E-state index in [4.69, 9.17) is 28.9 Å². The van der Waals surface area contributed by atoms with Crippen LogP contribution < -0.4 is 5.73 Å². The minimum atomic E-state index is 0.349. The average Bonchev–Trinajstić information content (AvgIpc) is 2.81. The first-order chi connectivity index (χ1) is 10.1. The van der Waals surface area contributed by atoms with Crippen LogP contribution in [-0.2, 0) is 0 Å². The number of nitrogen functional groups attached to an aromatic ring is 1. The number of H-pyrrole nitrogens is 1. The SMILES string of the molecule is Cc1cncc(-c2[nH]nc(N)c2-c2c(Cl)cccc2Cl)c1. The van der Waals surface area contributed by atoms with Crippen LogP contribution in [0.25, 0.3) is 22.4 Å². The molecule has 0 radical (unpaired) electrons. The Balaban J connectivity index is 2.28. The summed E-state index contributed by atoms with van der Waals surface area (Å²) in [6.07, 6.45) is 3.53. The summed E-state index contributed by atoms with van der Waals surface area (Å²) in [5.41, 5.74) is 10.0. The molecule has 2 heterocycles. The minimum absolute atomic E-state index is 0.349. The van der Waals surface area contributed by atoms with E-state index in [0.717, 1.165) is 16.8 Å². The van der Waals surface area contributed by atoms with Crippen LogP contribution in [0.3, 0.4) is 0 Å². The maximum Gasteiger partial charge on any atom is 0.153 e. The summed E-state index contributed by atoms with van der Waals surface area (Å²) < 4.78 is 0. The number of pyridine rings is 1. The van der Waals surface area contributed by atoms with Crippen LogP contribution in [0.1, 0.15) is 5.56 Å². The molecule has 0 bridgehead atoms. The van der Waals surface area contributed by atoms with Gasteiger partial charge in [0.25, 0.3) is 0 Å². The highest BCUT2D eigenvalue weighted by molar-refractivity contribution is 6.39. The number of nitrogens with two attached hydrogens (primary N) is 1. The second-order valence-corrected chi connectivity index (χ2v) is 5.52. The lowest BCUT2D eigenvalue weighted by Gasteiger charge is -2.09. The van der Waals surface area contributed by atoms with Gasteiger partial charge >= 0.3 is 0 Å². The van der Waals surface area contributed by atoms with Gasteiger partial charge in [0.2, 0.25) is 0 Å². The number of anilines is 1. The topological polar surface area (TPSA) is 67.6 Å². The van der Waals surface area contributed by atoms with E-state index < -0.39 is 0 Å². The molecule has 3 N–H and O–H groups in total. The first-order valence-corrected chi connectivity index (χ1v) is 7.03. The number of hydrogen-bond acceptors (Lipinski definition) is 3. The number of hydrogen-bond donors (Lipinski definition) is 2. The van der Waals surface area contributed by atoms with E-state index in [1.165, 1.54) is 0 Å². The number of benzene rings is 1. The maximum atomic E-state index is 6.29. The van der Waals surface area contributed by atoms with E-state index in [0.29, 0.717) is 27.0 Å².